The smallest absolute Gasteiger partial charge is 0.00989 e. The highest BCUT2D eigenvalue weighted by molar-refractivity contribution is 5.32. The summed E-state index contributed by atoms with van der Waals surface area (Å²) in [7, 11) is 0. The van der Waals surface area contributed by atoms with Crippen molar-refractivity contribution >= 4 is 0 Å². The van der Waals surface area contributed by atoms with Crippen molar-refractivity contribution in [3.8, 4) is 0 Å². The van der Waals surface area contributed by atoms with Crippen molar-refractivity contribution in [2.24, 2.45) is 43.8 Å². The number of allylic oxidation sites excluding steroid dienone is 5. The number of hydrogen-bond acceptors (Lipinski definition) is 0. The summed E-state index contributed by atoms with van der Waals surface area (Å²) < 4.78 is 0. The molecule has 2 atom stereocenters. The van der Waals surface area contributed by atoms with E-state index in [2.05, 4.69) is 63.3 Å². The molecular weight excluding hydrogens is 360 g/mol. The monoisotopic (exact) mass is 400 g/mol. The molecule has 160 valence electrons. The first kappa shape index (κ1) is 19.4. The standard InChI is InChI=1S/C30H40/c1-6-24-11-23-12-25(7-2,14-24)19-29(13-23,18-24)30-20-26(8-3)15-27(9-4,21-30)17-28(10-5,16-26)22-30/h6-10,23H,1-5,11-22H2. The van der Waals surface area contributed by atoms with Crippen LogP contribution in [0.15, 0.2) is 63.3 Å². The van der Waals surface area contributed by atoms with Crippen molar-refractivity contribution in [2.75, 3.05) is 0 Å². The van der Waals surface area contributed by atoms with Crippen LogP contribution in [0, 0.1) is 43.8 Å². The Balaban J connectivity index is 1.55. The van der Waals surface area contributed by atoms with Gasteiger partial charge in [0, 0.05) is 0 Å². The molecule has 0 amide bonds. The summed E-state index contributed by atoms with van der Waals surface area (Å²) in [5.41, 5.74) is 2.28. The lowest BCUT2D eigenvalue weighted by Crippen LogP contribution is -2.69. The van der Waals surface area contributed by atoms with Crippen LogP contribution in [0.5, 0.6) is 0 Å². The maximum absolute atomic E-state index is 4.42. The fourth-order valence-corrected chi connectivity index (χ4v) is 11.7. The second-order valence-corrected chi connectivity index (χ2v) is 13.5. The van der Waals surface area contributed by atoms with Crippen molar-refractivity contribution in [1.29, 1.82) is 0 Å². The van der Waals surface area contributed by atoms with Gasteiger partial charge in [0.05, 0.1) is 0 Å². The van der Waals surface area contributed by atoms with E-state index in [9.17, 15) is 0 Å². The molecule has 30 heavy (non-hydrogen) atoms. The fraction of sp³-hybridized carbons (Fsp3) is 0.667. The quantitative estimate of drug-likeness (QED) is 0.394. The van der Waals surface area contributed by atoms with E-state index in [1.165, 1.54) is 77.0 Å². The molecule has 0 aliphatic heterocycles. The summed E-state index contributed by atoms with van der Waals surface area (Å²) in [5.74, 6) is 0.851. The Kier molecular flexibility index (Phi) is 3.46. The van der Waals surface area contributed by atoms with Gasteiger partial charge in [-0.15, -0.1) is 32.9 Å². The van der Waals surface area contributed by atoms with Gasteiger partial charge in [-0.1, -0.05) is 30.4 Å². The molecule has 8 aliphatic rings. The molecule has 0 saturated heterocycles. The molecule has 8 saturated carbocycles. The van der Waals surface area contributed by atoms with E-state index < -0.39 is 0 Å². The molecule has 0 spiro atoms. The molecule has 0 aromatic carbocycles. The lowest BCUT2D eigenvalue weighted by Gasteiger charge is -2.78. The molecule has 0 radical (unpaired) electrons. The van der Waals surface area contributed by atoms with E-state index in [0.717, 1.165) is 5.92 Å². The molecular formula is C30H40. The first-order chi connectivity index (χ1) is 14.2. The maximum atomic E-state index is 4.42. The minimum absolute atomic E-state index is 0.267. The van der Waals surface area contributed by atoms with E-state index >= 15 is 0 Å². The van der Waals surface area contributed by atoms with E-state index in [-0.39, 0.29) is 16.2 Å². The normalized spacial score (nSPS) is 59.7. The molecule has 0 aromatic heterocycles. The number of hydrogen-bond donors (Lipinski definition) is 0. The Labute approximate surface area is 184 Å². The van der Waals surface area contributed by atoms with Crippen LogP contribution in [0.1, 0.15) is 77.0 Å². The maximum Gasteiger partial charge on any atom is -0.00989 e. The van der Waals surface area contributed by atoms with Crippen LogP contribution in [-0.2, 0) is 0 Å². The highest BCUT2D eigenvalue weighted by Gasteiger charge is 2.74. The second kappa shape index (κ2) is 5.36. The molecule has 0 nitrogen and oxygen atoms in total. The highest BCUT2D eigenvalue weighted by atomic mass is 14.8. The lowest BCUT2D eigenvalue weighted by atomic mass is 9.26. The summed E-state index contributed by atoms with van der Waals surface area (Å²) in [6, 6.07) is 0. The van der Waals surface area contributed by atoms with Crippen LogP contribution in [0.2, 0.25) is 0 Å². The molecule has 0 aromatic rings. The van der Waals surface area contributed by atoms with Gasteiger partial charge in [0.1, 0.15) is 0 Å². The molecule has 8 bridgehead atoms. The summed E-state index contributed by atoms with van der Waals surface area (Å²) >= 11 is 0. The topological polar surface area (TPSA) is 0 Å². The third-order valence-corrected chi connectivity index (χ3v) is 11.6. The first-order valence-corrected chi connectivity index (χ1v) is 12.4. The summed E-state index contributed by atoms with van der Waals surface area (Å²) in [6.45, 7) is 22.1. The van der Waals surface area contributed by atoms with Gasteiger partial charge in [0.2, 0.25) is 0 Å². The predicted octanol–water partition coefficient (Wildman–Crippen LogP) is 8.20. The Morgan fingerprint density at radius 1 is 0.400 bits per heavy atom. The van der Waals surface area contributed by atoms with Gasteiger partial charge in [-0.3, -0.25) is 0 Å². The first-order valence-electron chi connectivity index (χ1n) is 12.4. The molecule has 8 fully saturated rings. The average Bonchev–Trinajstić information content (AvgIpc) is 2.72. The van der Waals surface area contributed by atoms with Crippen molar-refractivity contribution in [3.05, 3.63) is 63.3 Å². The van der Waals surface area contributed by atoms with Crippen LogP contribution >= 0.6 is 0 Å². The van der Waals surface area contributed by atoms with E-state index in [1.807, 2.05) is 0 Å². The average molecular weight is 401 g/mol. The Bertz CT molecular complexity index is 777. The molecule has 2 unspecified atom stereocenters. The zero-order valence-electron chi connectivity index (χ0n) is 19.0. The van der Waals surface area contributed by atoms with E-state index in [1.54, 1.807) is 0 Å². The summed E-state index contributed by atoms with van der Waals surface area (Å²) in [5, 5.41) is 0. The van der Waals surface area contributed by atoms with Crippen molar-refractivity contribution < 1.29 is 0 Å². The van der Waals surface area contributed by atoms with Gasteiger partial charge in [-0.25, -0.2) is 0 Å². The van der Waals surface area contributed by atoms with Gasteiger partial charge >= 0.3 is 0 Å². The van der Waals surface area contributed by atoms with Crippen LogP contribution < -0.4 is 0 Å². The van der Waals surface area contributed by atoms with Crippen LogP contribution in [0.25, 0.3) is 0 Å². The fourth-order valence-electron chi connectivity index (χ4n) is 11.7. The molecule has 8 rings (SSSR count). The van der Waals surface area contributed by atoms with Crippen LogP contribution in [-0.4, -0.2) is 0 Å². The Morgan fingerprint density at radius 3 is 1.10 bits per heavy atom. The molecule has 8 aliphatic carbocycles. The zero-order valence-corrected chi connectivity index (χ0v) is 19.0. The lowest BCUT2D eigenvalue weighted by molar-refractivity contribution is -0.258. The Morgan fingerprint density at radius 2 is 0.733 bits per heavy atom. The second-order valence-electron chi connectivity index (χ2n) is 13.5. The van der Waals surface area contributed by atoms with Crippen molar-refractivity contribution in [3.63, 3.8) is 0 Å². The minimum Gasteiger partial charge on any atom is -0.103 e. The van der Waals surface area contributed by atoms with Crippen molar-refractivity contribution in [2.45, 2.75) is 77.0 Å². The molecule has 0 heterocycles. The van der Waals surface area contributed by atoms with Gasteiger partial charge < -0.3 is 0 Å². The van der Waals surface area contributed by atoms with E-state index in [0.29, 0.717) is 21.7 Å². The van der Waals surface area contributed by atoms with Crippen molar-refractivity contribution in [1.82, 2.24) is 0 Å². The summed E-state index contributed by atoms with van der Waals surface area (Å²) in [4.78, 5) is 0. The van der Waals surface area contributed by atoms with Gasteiger partial charge in [0.25, 0.3) is 0 Å². The number of rotatable bonds is 6. The minimum atomic E-state index is 0.267. The third kappa shape index (κ3) is 2.10. The largest absolute Gasteiger partial charge is 0.103 e. The van der Waals surface area contributed by atoms with E-state index in [4.69, 9.17) is 0 Å². The predicted molar refractivity (Wildman–Crippen MR) is 127 cm³/mol. The Hall–Kier alpha value is -1.30. The molecule has 0 N–H and O–H groups in total. The molecule has 0 heteroatoms. The highest BCUT2D eigenvalue weighted by Crippen LogP contribution is 2.84. The van der Waals surface area contributed by atoms with Crippen LogP contribution in [0.4, 0.5) is 0 Å². The SMILES string of the molecule is C=CC12CC3CC(C=C)(C1)CC(C14CC5(C=C)CC(C=C)(CC(C=C)(C5)C1)C4)(C3)C2. The van der Waals surface area contributed by atoms with Gasteiger partial charge in [-0.05, 0) is 121 Å². The zero-order chi connectivity index (χ0) is 21.1. The van der Waals surface area contributed by atoms with Crippen LogP contribution in [0.3, 0.4) is 0 Å². The third-order valence-electron chi connectivity index (χ3n) is 11.6. The van der Waals surface area contributed by atoms with Gasteiger partial charge in [0.15, 0.2) is 0 Å². The summed E-state index contributed by atoms with van der Waals surface area (Å²) in [6.07, 6.45) is 27.9. The van der Waals surface area contributed by atoms with Gasteiger partial charge in [-0.2, -0.15) is 0 Å².